The van der Waals surface area contributed by atoms with Gasteiger partial charge in [-0.2, -0.15) is 5.26 Å². The molecule has 0 aliphatic heterocycles. The number of benzene rings is 3. The number of hydrogen-bond donors (Lipinski definition) is 1. The predicted molar refractivity (Wildman–Crippen MR) is 113 cm³/mol. The molecular formula is C21H15BrN2O3S. The zero-order valence-corrected chi connectivity index (χ0v) is 16.9. The Bertz CT molecular complexity index is 1140. The molecule has 3 rings (SSSR count). The Morgan fingerprint density at radius 2 is 1.61 bits per heavy atom. The van der Waals surface area contributed by atoms with Crippen molar-refractivity contribution >= 4 is 37.7 Å². The van der Waals surface area contributed by atoms with Crippen LogP contribution in [0, 0.1) is 11.3 Å². The maximum Gasteiger partial charge on any atom is 0.272 e. The van der Waals surface area contributed by atoms with Crippen molar-refractivity contribution in [1.29, 1.82) is 5.26 Å². The lowest BCUT2D eigenvalue weighted by molar-refractivity contribution is 0.485. The molecule has 0 bridgehead atoms. The average molecular weight is 455 g/mol. The van der Waals surface area contributed by atoms with E-state index in [4.69, 9.17) is 4.74 Å². The van der Waals surface area contributed by atoms with E-state index >= 15 is 0 Å². The SMILES string of the molecule is N#CC(=Cc1ccc(Br)cc1)S(=O)(=O)Nc1ccccc1Oc1ccccc1. The number of hydrogen-bond acceptors (Lipinski definition) is 4. The third-order valence-corrected chi connectivity index (χ3v) is 5.48. The zero-order chi connectivity index (χ0) is 20.0. The lowest BCUT2D eigenvalue weighted by Crippen LogP contribution is -2.14. The molecule has 0 radical (unpaired) electrons. The van der Waals surface area contributed by atoms with Gasteiger partial charge >= 0.3 is 0 Å². The van der Waals surface area contributed by atoms with Crippen molar-refractivity contribution in [1.82, 2.24) is 0 Å². The summed E-state index contributed by atoms with van der Waals surface area (Å²) >= 11 is 3.32. The number of anilines is 1. The van der Waals surface area contributed by atoms with Crippen LogP contribution in [0.4, 0.5) is 5.69 Å². The molecule has 1 N–H and O–H groups in total. The lowest BCUT2D eigenvalue weighted by atomic mass is 10.2. The highest BCUT2D eigenvalue weighted by atomic mass is 79.9. The summed E-state index contributed by atoms with van der Waals surface area (Å²) in [6, 6.07) is 24.4. The standard InChI is InChI=1S/C21H15BrN2O3S/c22-17-12-10-16(11-13-17)14-19(15-23)28(25,26)24-20-8-4-5-9-21(20)27-18-6-2-1-3-7-18/h1-14,24H. The Labute approximate surface area is 172 Å². The maximum atomic E-state index is 12.7. The summed E-state index contributed by atoms with van der Waals surface area (Å²) in [4.78, 5) is -0.399. The molecule has 0 amide bonds. The van der Waals surface area contributed by atoms with Crippen LogP contribution < -0.4 is 9.46 Å². The zero-order valence-electron chi connectivity index (χ0n) is 14.5. The smallest absolute Gasteiger partial charge is 0.272 e. The molecule has 0 saturated heterocycles. The third-order valence-electron chi connectivity index (χ3n) is 3.67. The summed E-state index contributed by atoms with van der Waals surface area (Å²) in [6.45, 7) is 0. The minimum atomic E-state index is -4.09. The van der Waals surface area contributed by atoms with E-state index in [1.54, 1.807) is 66.7 Å². The van der Waals surface area contributed by atoms with E-state index in [9.17, 15) is 13.7 Å². The molecular weight excluding hydrogens is 440 g/mol. The maximum absolute atomic E-state index is 12.7. The molecule has 0 saturated carbocycles. The van der Waals surface area contributed by atoms with Crippen LogP contribution in [0.25, 0.3) is 6.08 Å². The Kier molecular flexibility index (Phi) is 6.14. The van der Waals surface area contributed by atoms with Crippen molar-refractivity contribution in [2.75, 3.05) is 4.72 Å². The van der Waals surface area contributed by atoms with Gasteiger partial charge in [0.2, 0.25) is 0 Å². The summed E-state index contributed by atoms with van der Waals surface area (Å²) in [5, 5.41) is 9.38. The fourth-order valence-electron chi connectivity index (χ4n) is 2.34. The van der Waals surface area contributed by atoms with Gasteiger partial charge in [0.1, 0.15) is 11.8 Å². The Balaban J connectivity index is 1.89. The van der Waals surface area contributed by atoms with E-state index in [2.05, 4.69) is 20.7 Å². The first-order valence-electron chi connectivity index (χ1n) is 8.20. The number of sulfonamides is 1. The summed E-state index contributed by atoms with van der Waals surface area (Å²) in [5.41, 5.74) is 0.835. The van der Waals surface area contributed by atoms with Gasteiger partial charge in [-0.3, -0.25) is 4.72 Å². The van der Waals surface area contributed by atoms with Crippen LogP contribution in [0.2, 0.25) is 0 Å². The first kappa shape index (κ1) is 19.7. The van der Waals surface area contributed by atoms with Crippen LogP contribution in [0.1, 0.15) is 5.56 Å². The van der Waals surface area contributed by atoms with Gasteiger partial charge < -0.3 is 4.74 Å². The van der Waals surface area contributed by atoms with E-state index in [-0.39, 0.29) is 5.69 Å². The minimum absolute atomic E-state index is 0.239. The van der Waals surface area contributed by atoms with Crippen molar-refractivity contribution < 1.29 is 13.2 Å². The predicted octanol–water partition coefficient (Wildman–Crippen LogP) is 5.55. The van der Waals surface area contributed by atoms with Crippen LogP contribution in [-0.2, 0) is 10.0 Å². The summed E-state index contributed by atoms with van der Waals surface area (Å²) in [6.07, 6.45) is 1.31. The van der Waals surface area contributed by atoms with E-state index < -0.39 is 14.9 Å². The molecule has 0 atom stereocenters. The van der Waals surface area contributed by atoms with Gasteiger partial charge in [-0.1, -0.05) is 58.4 Å². The van der Waals surface area contributed by atoms with Gasteiger partial charge in [0.25, 0.3) is 10.0 Å². The highest BCUT2D eigenvalue weighted by Crippen LogP contribution is 2.31. The van der Waals surface area contributed by atoms with Gasteiger partial charge in [0.05, 0.1) is 5.69 Å². The van der Waals surface area contributed by atoms with Crippen molar-refractivity contribution in [3.8, 4) is 17.6 Å². The third kappa shape index (κ3) is 5.00. The number of rotatable bonds is 6. The quantitative estimate of drug-likeness (QED) is 0.495. The topological polar surface area (TPSA) is 79.2 Å². The minimum Gasteiger partial charge on any atom is -0.455 e. The van der Waals surface area contributed by atoms with E-state index in [0.29, 0.717) is 17.1 Å². The number of ether oxygens (including phenoxy) is 1. The fourth-order valence-corrected chi connectivity index (χ4v) is 3.58. The van der Waals surface area contributed by atoms with Crippen molar-refractivity contribution in [3.05, 3.63) is 93.8 Å². The summed E-state index contributed by atoms with van der Waals surface area (Å²) in [7, 11) is -4.09. The van der Waals surface area contributed by atoms with Crippen LogP contribution >= 0.6 is 15.9 Å². The number of nitrogens with one attached hydrogen (secondary N) is 1. The molecule has 0 aliphatic carbocycles. The van der Waals surface area contributed by atoms with E-state index in [0.717, 1.165) is 4.47 Å². The molecule has 3 aromatic rings. The Morgan fingerprint density at radius 3 is 2.29 bits per heavy atom. The second-order valence-electron chi connectivity index (χ2n) is 5.69. The first-order valence-corrected chi connectivity index (χ1v) is 10.5. The van der Waals surface area contributed by atoms with Crippen LogP contribution in [0.15, 0.2) is 88.2 Å². The molecule has 0 fully saturated rings. The Hall–Kier alpha value is -3.08. The second kappa shape index (κ2) is 8.74. The van der Waals surface area contributed by atoms with Crippen LogP contribution in [0.3, 0.4) is 0 Å². The molecule has 3 aromatic carbocycles. The largest absolute Gasteiger partial charge is 0.455 e. The molecule has 0 aromatic heterocycles. The first-order chi connectivity index (χ1) is 13.5. The van der Waals surface area contributed by atoms with Crippen molar-refractivity contribution in [3.63, 3.8) is 0 Å². The number of nitriles is 1. The summed E-state index contributed by atoms with van der Waals surface area (Å²) < 4.78 is 34.5. The summed E-state index contributed by atoms with van der Waals surface area (Å²) in [5.74, 6) is 0.901. The average Bonchev–Trinajstić information content (AvgIpc) is 2.69. The molecule has 0 aliphatic rings. The highest BCUT2D eigenvalue weighted by Gasteiger charge is 2.20. The Morgan fingerprint density at radius 1 is 0.964 bits per heavy atom. The highest BCUT2D eigenvalue weighted by molar-refractivity contribution is 9.10. The number of halogens is 1. The number of para-hydroxylation sites is 3. The number of nitrogens with zero attached hydrogens (tertiary/aromatic N) is 1. The van der Waals surface area contributed by atoms with Crippen molar-refractivity contribution in [2.24, 2.45) is 0 Å². The molecule has 28 heavy (non-hydrogen) atoms. The second-order valence-corrected chi connectivity index (χ2v) is 8.26. The van der Waals surface area contributed by atoms with Gasteiger partial charge in [-0.25, -0.2) is 8.42 Å². The molecule has 0 spiro atoms. The van der Waals surface area contributed by atoms with Crippen LogP contribution in [0.5, 0.6) is 11.5 Å². The number of allylic oxidation sites excluding steroid dienone is 1. The fraction of sp³-hybridized carbons (Fsp3) is 0. The normalized spacial score (nSPS) is 11.5. The van der Waals surface area contributed by atoms with E-state index in [1.807, 2.05) is 18.2 Å². The van der Waals surface area contributed by atoms with Gasteiger partial charge in [-0.15, -0.1) is 0 Å². The van der Waals surface area contributed by atoms with Gasteiger partial charge in [0, 0.05) is 4.47 Å². The molecule has 0 unspecified atom stereocenters. The van der Waals surface area contributed by atoms with E-state index in [1.165, 1.54) is 6.08 Å². The molecule has 140 valence electrons. The lowest BCUT2D eigenvalue weighted by Gasteiger charge is -2.13. The molecule has 7 heteroatoms. The monoisotopic (exact) mass is 454 g/mol. The van der Waals surface area contributed by atoms with Gasteiger partial charge in [-0.05, 0) is 48.0 Å². The molecule has 5 nitrogen and oxygen atoms in total. The molecule has 0 heterocycles. The van der Waals surface area contributed by atoms with Crippen LogP contribution in [-0.4, -0.2) is 8.42 Å². The van der Waals surface area contributed by atoms with Crippen molar-refractivity contribution in [2.45, 2.75) is 0 Å². The van der Waals surface area contributed by atoms with Gasteiger partial charge in [0.15, 0.2) is 10.7 Å².